The van der Waals surface area contributed by atoms with E-state index in [4.69, 9.17) is 11.6 Å². The summed E-state index contributed by atoms with van der Waals surface area (Å²) in [6.07, 6.45) is 6.92. The number of aryl methyl sites for hydroxylation is 1. The predicted molar refractivity (Wildman–Crippen MR) is 116 cm³/mol. The Morgan fingerprint density at radius 3 is 2.79 bits per heavy atom. The van der Waals surface area contributed by atoms with Gasteiger partial charge in [-0.05, 0) is 56.8 Å². The van der Waals surface area contributed by atoms with E-state index in [1.165, 1.54) is 19.3 Å². The molecule has 1 amide bonds. The lowest BCUT2D eigenvalue weighted by Gasteiger charge is -2.35. The molecular weight excluding hydrogens is 398 g/mol. The number of benzene rings is 1. The first kappa shape index (κ1) is 23.0. The third-order valence-electron chi connectivity index (χ3n) is 5.29. The van der Waals surface area contributed by atoms with Gasteiger partial charge in [0.15, 0.2) is 0 Å². The van der Waals surface area contributed by atoms with E-state index in [0.717, 1.165) is 42.1 Å². The van der Waals surface area contributed by atoms with Gasteiger partial charge in [0.05, 0.1) is 11.9 Å². The summed E-state index contributed by atoms with van der Waals surface area (Å²) >= 11 is 6.02. The van der Waals surface area contributed by atoms with Crippen molar-refractivity contribution in [1.82, 2.24) is 10.2 Å². The fourth-order valence-electron chi connectivity index (χ4n) is 3.75. The molecule has 8 heteroatoms. The van der Waals surface area contributed by atoms with Gasteiger partial charge in [-0.2, -0.15) is 0 Å². The molecule has 2 rings (SSSR count). The maximum absolute atomic E-state index is 12.4. The summed E-state index contributed by atoms with van der Waals surface area (Å²) in [5.41, 5.74) is 1.18. The minimum Gasteiger partial charge on any atom is -0.354 e. The molecule has 1 aliphatic rings. The quantitative estimate of drug-likeness (QED) is 0.612. The Morgan fingerprint density at radius 1 is 1.36 bits per heavy atom. The van der Waals surface area contributed by atoms with Gasteiger partial charge in [0.25, 0.3) is 0 Å². The van der Waals surface area contributed by atoms with Crippen LogP contribution in [0.4, 0.5) is 5.69 Å². The largest absolute Gasteiger partial charge is 0.354 e. The molecule has 1 aliphatic heterocycles. The molecule has 0 spiro atoms. The zero-order chi connectivity index (χ0) is 20.7. The van der Waals surface area contributed by atoms with Gasteiger partial charge < -0.3 is 10.2 Å². The van der Waals surface area contributed by atoms with E-state index < -0.39 is 10.0 Å². The SMILES string of the molecule is CCC1CCCCN1CCCNC(=O)CN(c1cc(Cl)ccc1C)S(C)(=O)=O. The van der Waals surface area contributed by atoms with Crippen molar-refractivity contribution in [2.24, 2.45) is 0 Å². The average molecular weight is 430 g/mol. The highest BCUT2D eigenvalue weighted by atomic mass is 35.5. The third kappa shape index (κ3) is 6.64. The van der Waals surface area contributed by atoms with Crippen LogP contribution >= 0.6 is 11.6 Å². The predicted octanol–water partition coefficient (Wildman–Crippen LogP) is 3.19. The zero-order valence-corrected chi connectivity index (χ0v) is 18.7. The van der Waals surface area contributed by atoms with E-state index in [9.17, 15) is 13.2 Å². The molecular formula is C20H32ClN3O3S. The van der Waals surface area contributed by atoms with E-state index in [1.54, 1.807) is 25.1 Å². The van der Waals surface area contributed by atoms with Gasteiger partial charge in [0.1, 0.15) is 6.54 Å². The number of hydrogen-bond acceptors (Lipinski definition) is 4. The summed E-state index contributed by atoms with van der Waals surface area (Å²) in [6, 6.07) is 5.67. The second-order valence-electron chi connectivity index (χ2n) is 7.50. The highest BCUT2D eigenvalue weighted by Crippen LogP contribution is 2.26. The topological polar surface area (TPSA) is 69.7 Å². The molecule has 1 saturated heterocycles. The minimum atomic E-state index is -3.61. The number of nitrogens with one attached hydrogen (secondary N) is 1. The van der Waals surface area contributed by atoms with Crippen LogP contribution in [0.3, 0.4) is 0 Å². The van der Waals surface area contributed by atoms with E-state index in [2.05, 4.69) is 17.1 Å². The first-order valence-electron chi connectivity index (χ1n) is 9.97. The lowest BCUT2D eigenvalue weighted by Crippen LogP contribution is -2.43. The van der Waals surface area contributed by atoms with Gasteiger partial charge in [-0.15, -0.1) is 0 Å². The van der Waals surface area contributed by atoms with Crippen LogP contribution in [0.15, 0.2) is 18.2 Å². The third-order valence-corrected chi connectivity index (χ3v) is 6.65. The molecule has 0 radical (unpaired) electrons. The molecule has 1 fully saturated rings. The molecule has 0 saturated carbocycles. The molecule has 0 bridgehead atoms. The van der Waals surface area contributed by atoms with Crippen LogP contribution in [0.2, 0.25) is 5.02 Å². The lowest BCUT2D eigenvalue weighted by molar-refractivity contribution is -0.119. The number of anilines is 1. The summed E-state index contributed by atoms with van der Waals surface area (Å²) < 4.78 is 25.6. The van der Waals surface area contributed by atoms with E-state index in [0.29, 0.717) is 23.3 Å². The first-order chi connectivity index (χ1) is 13.2. The smallest absolute Gasteiger partial charge is 0.240 e. The summed E-state index contributed by atoms with van der Waals surface area (Å²) in [7, 11) is -3.61. The molecule has 158 valence electrons. The normalized spacial score (nSPS) is 18.1. The zero-order valence-electron chi connectivity index (χ0n) is 17.1. The fraction of sp³-hybridized carbons (Fsp3) is 0.650. The first-order valence-corrected chi connectivity index (χ1v) is 12.2. The Labute approximate surface area is 174 Å². The molecule has 0 aliphatic carbocycles. The van der Waals surface area contributed by atoms with Crippen LogP contribution < -0.4 is 9.62 Å². The second kappa shape index (κ2) is 10.5. The van der Waals surface area contributed by atoms with Gasteiger partial charge in [0.2, 0.25) is 15.9 Å². The Morgan fingerprint density at radius 2 is 2.11 bits per heavy atom. The van der Waals surface area contributed by atoms with Crippen molar-refractivity contribution in [3.63, 3.8) is 0 Å². The van der Waals surface area contributed by atoms with Crippen molar-refractivity contribution in [3.05, 3.63) is 28.8 Å². The summed E-state index contributed by atoms with van der Waals surface area (Å²) in [4.78, 5) is 14.9. The monoisotopic (exact) mass is 429 g/mol. The van der Waals surface area contributed by atoms with Crippen LogP contribution in [0.5, 0.6) is 0 Å². The molecule has 0 aromatic heterocycles. The highest BCUT2D eigenvalue weighted by Gasteiger charge is 2.23. The Hall–Kier alpha value is -1.31. The van der Waals surface area contributed by atoms with Gasteiger partial charge in [-0.1, -0.05) is 31.0 Å². The Kier molecular flexibility index (Phi) is 8.58. The van der Waals surface area contributed by atoms with Crippen LogP contribution in [0.1, 0.15) is 44.6 Å². The van der Waals surface area contributed by atoms with Gasteiger partial charge in [-0.25, -0.2) is 8.42 Å². The molecule has 1 heterocycles. The maximum Gasteiger partial charge on any atom is 0.240 e. The molecule has 1 atom stereocenters. The Balaban J connectivity index is 1.89. The van der Waals surface area contributed by atoms with Crippen LogP contribution in [-0.4, -0.2) is 57.7 Å². The minimum absolute atomic E-state index is 0.249. The van der Waals surface area contributed by atoms with Crippen molar-refractivity contribution >= 4 is 33.2 Å². The van der Waals surface area contributed by atoms with E-state index >= 15 is 0 Å². The van der Waals surface area contributed by atoms with Crippen molar-refractivity contribution in [2.75, 3.05) is 36.7 Å². The number of hydrogen-bond donors (Lipinski definition) is 1. The number of likely N-dealkylation sites (tertiary alicyclic amines) is 1. The van der Waals surface area contributed by atoms with Crippen LogP contribution in [0, 0.1) is 6.92 Å². The summed E-state index contributed by atoms with van der Waals surface area (Å²) in [6.45, 7) is 6.40. The molecule has 1 aromatic carbocycles. The molecule has 6 nitrogen and oxygen atoms in total. The van der Waals surface area contributed by atoms with Crippen molar-refractivity contribution in [2.45, 2.75) is 52.0 Å². The molecule has 28 heavy (non-hydrogen) atoms. The van der Waals surface area contributed by atoms with Crippen molar-refractivity contribution in [1.29, 1.82) is 0 Å². The molecule has 1 N–H and O–H groups in total. The Bertz CT molecular complexity index is 770. The number of halogens is 1. The number of nitrogens with zero attached hydrogens (tertiary/aromatic N) is 2. The summed E-state index contributed by atoms with van der Waals surface area (Å²) in [5.74, 6) is -0.310. The number of piperidine rings is 1. The van der Waals surface area contributed by atoms with Crippen LogP contribution in [0.25, 0.3) is 0 Å². The number of amides is 1. The lowest BCUT2D eigenvalue weighted by atomic mass is 10.00. The fourth-order valence-corrected chi connectivity index (χ4v) is 4.82. The van der Waals surface area contributed by atoms with Crippen molar-refractivity contribution in [3.8, 4) is 0 Å². The number of carbonyl (C=O) groups excluding carboxylic acids is 1. The highest BCUT2D eigenvalue weighted by molar-refractivity contribution is 7.92. The van der Waals surface area contributed by atoms with Gasteiger partial charge in [-0.3, -0.25) is 9.10 Å². The molecule has 1 unspecified atom stereocenters. The maximum atomic E-state index is 12.4. The van der Waals surface area contributed by atoms with Gasteiger partial charge >= 0.3 is 0 Å². The summed E-state index contributed by atoms with van der Waals surface area (Å²) in [5, 5.41) is 3.29. The number of rotatable bonds is 9. The average Bonchev–Trinajstić information content (AvgIpc) is 2.65. The van der Waals surface area contributed by atoms with Crippen molar-refractivity contribution < 1.29 is 13.2 Å². The molecule has 1 aromatic rings. The second-order valence-corrected chi connectivity index (χ2v) is 9.84. The van der Waals surface area contributed by atoms with E-state index in [1.807, 2.05) is 0 Å². The van der Waals surface area contributed by atoms with E-state index in [-0.39, 0.29) is 12.5 Å². The number of sulfonamides is 1. The standard InChI is InChI=1S/C20H32ClN3O3S/c1-4-18-8-5-6-12-23(18)13-7-11-22-20(25)15-24(28(3,26)27)19-14-17(21)10-9-16(19)2/h9-10,14,18H,4-8,11-13,15H2,1-3H3,(H,22,25). The van der Waals surface area contributed by atoms with Gasteiger partial charge in [0, 0.05) is 24.2 Å². The van der Waals surface area contributed by atoms with Crippen LogP contribution in [-0.2, 0) is 14.8 Å². The number of carbonyl (C=O) groups is 1.